The largest absolute Gasteiger partial charge is 0.452 e. The Morgan fingerprint density at radius 2 is 1.83 bits per heavy atom. The third kappa shape index (κ3) is 7.83. The topological polar surface area (TPSA) is 109 Å². The van der Waals surface area contributed by atoms with Crippen LogP contribution in [-0.2, 0) is 15.8 Å². The summed E-state index contributed by atoms with van der Waals surface area (Å²) < 4.78 is 45.8. The van der Waals surface area contributed by atoms with Crippen molar-refractivity contribution in [1.29, 1.82) is 0 Å². The lowest BCUT2D eigenvalue weighted by Gasteiger charge is -2.28. The lowest BCUT2D eigenvalue weighted by atomic mass is 9.83. The molecule has 2 aromatic heterocycles. The van der Waals surface area contributed by atoms with Gasteiger partial charge in [-0.05, 0) is 43.7 Å². The summed E-state index contributed by atoms with van der Waals surface area (Å²) in [4.78, 5) is 49.3. The van der Waals surface area contributed by atoms with Crippen molar-refractivity contribution in [3.05, 3.63) is 53.9 Å². The SMILES string of the molecule is CC(=O)CC(C)(C)CC(=O)N1CCCN(c2ccc(NC(=O)c3nc(C4=CCCC=C4)oc3C(F)(F)F)cn2)CC1. The molecule has 3 heterocycles. The Balaban J connectivity index is 1.39. The Kier molecular flexibility index (Phi) is 8.98. The second kappa shape index (κ2) is 12.3. The van der Waals surface area contributed by atoms with Crippen molar-refractivity contribution in [3.63, 3.8) is 0 Å². The van der Waals surface area contributed by atoms with Crippen LogP contribution in [0.1, 0.15) is 75.0 Å². The number of pyridine rings is 1. The molecule has 4 rings (SSSR count). The van der Waals surface area contributed by atoms with Gasteiger partial charge in [0.05, 0.1) is 11.9 Å². The first-order valence-corrected chi connectivity index (χ1v) is 13.6. The molecular formula is C29H34F3N5O4. The van der Waals surface area contributed by atoms with Crippen LogP contribution in [0.5, 0.6) is 0 Å². The normalized spacial score (nSPS) is 16.3. The number of nitrogens with one attached hydrogen (secondary N) is 1. The van der Waals surface area contributed by atoms with Gasteiger partial charge in [0.2, 0.25) is 17.6 Å². The zero-order valence-corrected chi connectivity index (χ0v) is 23.4. The van der Waals surface area contributed by atoms with Crippen molar-refractivity contribution in [2.24, 2.45) is 5.41 Å². The number of allylic oxidation sites excluding steroid dienone is 4. The van der Waals surface area contributed by atoms with Crippen LogP contribution in [0.3, 0.4) is 0 Å². The molecule has 41 heavy (non-hydrogen) atoms. The predicted molar refractivity (Wildman–Crippen MR) is 147 cm³/mol. The van der Waals surface area contributed by atoms with Gasteiger partial charge in [-0.15, -0.1) is 0 Å². The van der Waals surface area contributed by atoms with E-state index in [1.54, 1.807) is 35.3 Å². The summed E-state index contributed by atoms with van der Waals surface area (Å²) in [6, 6.07) is 3.22. The summed E-state index contributed by atoms with van der Waals surface area (Å²) in [5.41, 5.74) is -0.660. The summed E-state index contributed by atoms with van der Waals surface area (Å²) >= 11 is 0. The van der Waals surface area contributed by atoms with Crippen LogP contribution < -0.4 is 10.2 Å². The molecule has 12 heteroatoms. The fourth-order valence-electron chi connectivity index (χ4n) is 5.05. The summed E-state index contributed by atoms with van der Waals surface area (Å²) in [5, 5.41) is 2.43. The molecule has 1 N–H and O–H groups in total. The van der Waals surface area contributed by atoms with Crippen molar-refractivity contribution in [3.8, 4) is 0 Å². The number of amides is 2. The predicted octanol–water partition coefficient (Wildman–Crippen LogP) is 5.51. The Morgan fingerprint density at radius 1 is 1.05 bits per heavy atom. The average molecular weight is 574 g/mol. The molecule has 220 valence electrons. The molecule has 1 aliphatic heterocycles. The first-order valence-electron chi connectivity index (χ1n) is 13.6. The van der Waals surface area contributed by atoms with Gasteiger partial charge in [-0.25, -0.2) is 9.97 Å². The second-order valence-corrected chi connectivity index (χ2v) is 11.1. The lowest BCUT2D eigenvalue weighted by Crippen LogP contribution is -2.37. The molecule has 9 nitrogen and oxygen atoms in total. The highest BCUT2D eigenvalue weighted by Crippen LogP contribution is 2.35. The van der Waals surface area contributed by atoms with E-state index in [0.29, 0.717) is 50.4 Å². The monoisotopic (exact) mass is 573 g/mol. The third-order valence-electron chi connectivity index (χ3n) is 6.88. The van der Waals surface area contributed by atoms with Gasteiger partial charge < -0.3 is 24.3 Å². The lowest BCUT2D eigenvalue weighted by molar-refractivity contribution is -0.153. The summed E-state index contributed by atoms with van der Waals surface area (Å²) in [6.45, 7) is 7.63. The van der Waals surface area contributed by atoms with E-state index in [9.17, 15) is 27.6 Å². The van der Waals surface area contributed by atoms with Crippen molar-refractivity contribution in [2.75, 3.05) is 36.4 Å². The minimum absolute atomic E-state index is 0.00848. The number of carbonyl (C=O) groups is 3. The number of halogens is 3. The van der Waals surface area contributed by atoms with Crippen LogP contribution in [0.15, 0.2) is 41.0 Å². The van der Waals surface area contributed by atoms with Crippen LogP contribution in [0, 0.1) is 5.41 Å². The minimum Gasteiger partial charge on any atom is -0.431 e. The number of rotatable bonds is 8. The highest BCUT2D eigenvalue weighted by molar-refractivity contribution is 6.04. The molecule has 0 atom stereocenters. The Morgan fingerprint density at radius 3 is 2.46 bits per heavy atom. The van der Waals surface area contributed by atoms with Gasteiger partial charge in [0.15, 0.2) is 5.69 Å². The maximum atomic E-state index is 13.6. The summed E-state index contributed by atoms with van der Waals surface area (Å²) in [5.74, 6) is -2.10. The zero-order valence-electron chi connectivity index (χ0n) is 23.4. The van der Waals surface area contributed by atoms with E-state index in [1.807, 2.05) is 18.7 Å². The van der Waals surface area contributed by atoms with Gasteiger partial charge in [0.1, 0.15) is 11.6 Å². The molecule has 0 saturated carbocycles. The third-order valence-corrected chi connectivity index (χ3v) is 6.88. The number of ketones is 1. The van der Waals surface area contributed by atoms with E-state index in [0.717, 1.165) is 12.8 Å². The Labute approximate surface area is 236 Å². The van der Waals surface area contributed by atoms with Gasteiger partial charge >= 0.3 is 6.18 Å². The maximum absolute atomic E-state index is 13.6. The first kappa shape index (κ1) is 30.0. The number of nitrogens with zero attached hydrogens (tertiary/aromatic N) is 4. The molecule has 2 aliphatic rings. The highest BCUT2D eigenvalue weighted by atomic mass is 19.4. The van der Waals surface area contributed by atoms with Gasteiger partial charge in [0, 0.05) is 44.6 Å². The minimum atomic E-state index is -4.90. The number of oxazole rings is 1. The van der Waals surface area contributed by atoms with Gasteiger partial charge in [-0.1, -0.05) is 32.1 Å². The number of aromatic nitrogens is 2. The Bertz CT molecular complexity index is 1350. The van der Waals surface area contributed by atoms with Gasteiger partial charge in [-0.3, -0.25) is 9.59 Å². The number of hydrogen-bond donors (Lipinski definition) is 1. The Hall–Kier alpha value is -3.96. The first-order chi connectivity index (χ1) is 19.3. The molecule has 1 fully saturated rings. The molecule has 1 saturated heterocycles. The smallest absolute Gasteiger partial charge is 0.431 e. The van der Waals surface area contributed by atoms with Crippen LogP contribution >= 0.6 is 0 Å². The van der Waals surface area contributed by atoms with Crippen LogP contribution in [0.2, 0.25) is 0 Å². The van der Waals surface area contributed by atoms with Crippen molar-refractivity contribution >= 4 is 34.7 Å². The van der Waals surface area contributed by atoms with Crippen LogP contribution in [-0.4, -0.2) is 58.6 Å². The number of Topliss-reactive ketones (excluding diaryl/α,β-unsaturated/α-hetero) is 1. The molecule has 1 aliphatic carbocycles. The number of anilines is 2. The standard InChI is InChI=1S/C29H34F3N5O4/c1-19(38)16-28(2,3)17-23(39)37-13-7-12-36(14-15-37)22-11-10-21(18-33-22)34-26(40)24-25(29(30,31)32)41-27(35-24)20-8-5-4-6-9-20/h5,8-11,18H,4,6-7,12-17H2,1-3H3,(H,34,40). The number of carbonyl (C=O) groups excluding carboxylic acids is 3. The number of alkyl halides is 3. The van der Waals surface area contributed by atoms with Gasteiger partial charge in [-0.2, -0.15) is 13.2 Å². The quantitative estimate of drug-likeness (QED) is 0.444. The molecule has 0 aromatic carbocycles. The van der Waals surface area contributed by atoms with E-state index in [4.69, 9.17) is 4.42 Å². The highest BCUT2D eigenvalue weighted by Gasteiger charge is 2.42. The maximum Gasteiger partial charge on any atom is 0.452 e. The molecule has 0 unspecified atom stereocenters. The van der Waals surface area contributed by atoms with Gasteiger partial charge in [0.25, 0.3) is 5.91 Å². The van der Waals surface area contributed by atoms with E-state index >= 15 is 0 Å². The van der Waals surface area contributed by atoms with Crippen molar-refractivity contribution in [2.45, 2.75) is 59.1 Å². The molecule has 2 aromatic rings. The molecule has 0 bridgehead atoms. The van der Waals surface area contributed by atoms with Crippen molar-refractivity contribution in [1.82, 2.24) is 14.9 Å². The van der Waals surface area contributed by atoms with E-state index < -0.39 is 29.0 Å². The average Bonchev–Trinajstić information content (AvgIpc) is 3.22. The van der Waals surface area contributed by atoms with Crippen LogP contribution in [0.25, 0.3) is 5.57 Å². The fraction of sp³-hybridized carbons (Fsp3) is 0.483. The molecule has 0 radical (unpaired) electrons. The number of hydrogen-bond acceptors (Lipinski definition) is 7. The summed E-state index contributed by atoms with van der Waals surface area (Å²) in [7, 11) is 0. The fourth-order valence-corrected chi connectivity index (χ4v) is 5.05. The second-order valence-electron chi connectivity index (χ2n) is 11.1. The van der Waals surface area contributed by atoms with E-state index in [2.05, 4.69) is 15.3 Å². The van der Waals surface area contributed by atoms with Crippen LogP contribution in [0.4, 0.5) is 24.7 Å². The molecule has 0 spiro atoms. The van der Waals surface area contributed by atoms with E-state index in [1.165, 1.54) is 13.1 Å². The molecular weight excluding hydrogens is 539 g/mol. The summed E-state index contributed by atoms with van der Waals surface area (Å²) in [6.07, 6.45) is 4.36. The zero-order chi connectivity index (χ0) is 29.8. The van der Waals surface area contributed by atoms with Crippen molar-refractivity contribution < 1.29 is 32.0 Å². The van der Waals surface area contributed by atoms with E-state index in [-0.39, 0.29) is 29.7 Å². The molecule has 2 amide bonds.